The standard InChI is InChI=1S/C11H18O/c1-2-3-7-11(12)9-8-10-5-4-6-10/h8-10H,2-7H2,1H3/b9-8+. The molecular weight excluding hydrogens is 148 g/mol. The maximum atomic E-state index is 11.2. The lowest BCUT2D eigenvalue weighted by molar-refractivity contribution is -0.114. The number of rotatable bonds is 5. The fraction of sp³-hybridized carbons (Fsp3) is 0.727. The molecule has 0 atom stereocenters. The lowest BCUT2D eigenvalue weighted by atomic mass is 9.85. The van der Waals surface area contributed by atoms with Crippen LogP contribution in [0.25, 0.3) is 0 Å². The summed E-state index contributed by atoms with van der Waals surface area (Å²) in [5.74, 6) is 1.03. The molecule has 0 radical (unpaired) electrons. The van der Waals surface area contributed by atoms with Crippen LogP contribution in [0.3, 0.4) is 0 Å². The highest BCUT2D eigenvalue weighted by Crippen LogP contribution is 2.27. The molecule has 1 aliphatic carbocycles. The van der Waals surface area contributed by atoms with Crippen molar-refractivity contribution in [2.45, 2.75) is 45.4 Å². The largest absolute Gasteiger partial charge is 0.295 e. The Kier molecular flexibility index (Phi) is 4.06. The minimum absolute atomic E-state index is 0.309. The predicted molar refractivity (Wildman–Crippen MR) is 51.0 cm³/mol. The topological polar surface area (TPSA) is 17.1 Å². The van der Waals surface area contributed by atoms with Crippen molar-refractivity contribution >= 4 is 5.78 Å². The molecule has 1 rings (SSSR count). The van der Waals surface area contributed by atoms with E-state index in [1.807, 2.05) is 0 Å². The molecule has 12 heavy (non-hydrogen) atoms. The third kappa shape index (κ3) is 3.21. The first-order valence-corrected chi connectivity index (χ1v) is 5.04. The molecule has 0 amide bonds. The number of allylic oxidation sites excluding steroid dienone is 2. The van der Waals surface area contributed by atoms with E-state index < -0.39 is 0 Å². The maximum Gasteiger partial charge on any atom is 0.155 e. The Hall–Kier alpha value is -0.590. The van der Waals surface area contributed by atoms with Crippen molar-refractivity contribution in [3.8, 4) is 0 Å². The van der Waals surface area contributed by atoms with Crippen LogP contribution in [0.4, 0.5) is 0 Å². The molecular formula is C11H18O. The number of ketones is 1. The van der Waals surface area contributed by atoms with Gasteiger partial charge in [0.1, 0.15) is 0 Å². The lowest BCUT2D eigenvalue weighted by Gasteiger charge is -2.20. The van der Waals surface area contributed by atoms with Crippen LogP contribution < -0.4 is 0 Å². The molecule has 1 aliphatic rings. The molecule has 0 spiro atoms. The van der Waals surface area contributed by atoms with Gasteiger partial charge >= 0.3 is 0 Å². The fourth-order valence-corrected chi connectivity index (χ4v) is 1.31. The molecule has 0 bridgehead atoms. The van der Waals surface area contributed by atoms with Crippen molar-refractivity contribution in [3.05, 3.63) is 12.2 Å². The van der Waals surface area contributed by atoms with E-state index in [2.05, 4.69) is 13.0 Å². The second kappa shape index (κ2) is 5.13. The zero-order valence-electron chi connectivity index (χ0n) is 7.88. The highest BCUT2D eigenvalue weighted by molar-refractivity contribution is 5.89. The zero-order valence-corrected chi connectivity index (χ0v) is 7.88. The minimum Gasteiger partial charge on any atom is -0.295 e. The van der Waals surface area contributed by atoms with Crippen molar-refractivity contribution < 1.29 is 4.79 Å². The summed E-state index contributed by atoms with van der Waals surface area (Å²) in [4.78, 5) is 11.2. The van der Waals surface area contributed by atoms with E-state index in [4.69, 9.17) is 0 Å². The van der Waals surface area contributed by atoms with Crippen molar-refractivity contribution in [1.82, 2.24) is 0 Å². The van der Waals surface area contributed by atoms with Gasteiger partial charge in [0.05, 0.1) is 0 Å². The van der Waals surface area contributed by atoms with Gasteiger partial charge in [0.2, 0.25) is 0 Å². The Morgan fingerprint density at radius 2 is 2.25 bits per heavy atom. The normalized spacial score (nSPS) is 18.1. The Balaban J connectivity index is 2.11. The van der Waals surface area contributed by atoms with Gasteiger partial charge < -0.3 is 0 Å². The molecule has 0 aromatic heterocycles. The van der Waals surface area contributed by atoms with Gasteiger partial charge in [-0.15, -0.1) is 0 Å². The van der Waals surface area contributed by atoms with E-state index in [1.54, 1.807) is 6.08 Å². The summed E-state index contributed by atoms with van der Waals surface area (Å²) in [6.07, 6.45) is 10.7. The maximum absolute atomic E-state index is 11.2. The molecule has 1 fully saturated rings. The van der Waals surface area contributed by atoms with Crippen molar-refractivity contribution in [2.75, 3.05) is 0 Å². The van der Waals surface area contributed by atoms with Gasteiger partial charge in [-0.1, -0.05) is 25.8 Å². The molecule has 1 heteroatoms. The number of carbonyl (C=O) groups is 1. The van der Waals surface area contributed by atoms with E-state index in [0.29, 0.717) is 5.78 Å². The summed E-state index contributed by atoms with van der Waals surface area (Å²) < 4.78 is 0. The zero-order chi connectivity index (χ0) is 8.81. The summed E-state index contributed by atoms with van der Waals surface area (Å²) in [6, 6.07) is 0. The summed E-state index contributed by atoms with van der Waals surface area (Å²) in [5.41, 5.74) is 0. The Bertz CT molecular complexity index is 166. The molecule has 0 N–H and O–H groups in total. The third-order valence-electron chi connectivity index (χ3n) is 2.48. The first-order chi connectivity index (χ1) is 5.83. The third-order valence-corrected chi connectivity index (χ3v) is 2.48. The number of unbranched alkanes of at least 4 members (excludes halogenated alkanes) is 1. The molecule has 1 nitrogen and oxygen atoms in total. The van der Waals surface area contributed by atoms with E-state index in [9.17, 15) is 4.79 Å². The number of carbonyl (C=O) groups excluding carboxylic acids is 1. The van der Waals surface area contributed by atoms with Crippen LogP contribution >= 0.6 is 0 Å². The van der Waals surface area contributed by atoms with Crippen LogP contribution in [0.15, 0.2) is 12.2 Å². The van der Waals surface area contributed by atoms with E-state index in [1.165, 1.54) is 19.3 Å². The fourth-order valence-electron chi connectivity index (χ4n) is 1.31. The van der Waals surface area contributed by atoms with Crippen LogP contribution in [-0.2, 0) is 4.79 Å². The minimum atomic E-state index is 0.309. The lowest BCUT2D eigenvalue weighted by Crippen LogP contribution is -2.07. The van der Waals surface area contributed by atoms with Gasteiger partial charge in [-0.3, -0.25) is 4.79 Å². The van der Waals surface area contributed by atoms with Gasteiger partial charge in [0.15, 0.2) is 5.78 Å². The van der Waals surface area contributed by atoms with Crippen molar-refractivity contribution in [1.29, 1.82) is 0 Å². The van der Waals surface area contributed by atoms with Crippen LogP contribution in [0, 0.1) is 5.92 Å². The molecule has 68 valence electrons. The first kappa shape index (κ1) is 9.50. The second-order valence-electron chi connectivity index (χ2n) is 3.62. The van der Waals surface area contributed by atoms with E-state index in [0.717, 1.165) is 25.2 Å². The van der Waals surface area contributed by atoms with Crippen molar-refractivity contribution in [2.24, 2.45) is 5.92 Å². The molecule has 0 aromatic carbocycles. The van der Waals surface area contributed by atoms with Crippen LogP contribution in [0.1, 0.15) is 45.4 Å². The average molecular weight is 166 g/mol. The van der Waals surface area contributed by atoms with E-state index in [-0.39, 0.29) is 0 Å². The average Bonchev–Trinajstić information content (AvgIpc) is 1.98. The predicted octanol–water partition coefficient (Wildman–Crippen LogP) is 3.10. The highest BCUT2D eigenvalue weighted by Gasteiger charge is 2.13. The second-order valence-corrected chi connectivity index (χ2v) is 3.62. The van der Waals surface area contributed by atoms with Gasteiger partial charge in [-0.2, -0.15) is 0 Å². The molecule has 0 unspecified atom stereocenters. The van der Waals surface area contributed by atoms with Crippen LogP contribution in [0.2, 0.25) is 0 Å². The van der Waals surface area contributed by atoms with Crippen LogP contribution in [-0.4, -0.2) is 5.78 Å². The molecule has 1 saturated carbocycles. The Morgan fingerprint density at radius 1 is 1.50 bits per heavy atom. The van der Waals surface area contributed by atoms with Gasteiger partial charge in [-0.25, -0.2) is 0 Å². The monoisotopic (exact) mass is 166 g/mol. The Morgan fingerprint density at radius 3 is 2.75 bits per heavy atom. The number of hydrogen-bond acceptors (Lipinski definition) is 1. The van der Waals surface area contributed by atoms with Gasteiger partial charge in [0.25, 0.3) is 0 Å². The summed E-state index contributed by atoms with van der Waals surface area (Å²) in [6.45, 7) is 2.11. The molecule has 0 aromatic rings. The first-order valence-electron chi connectivity index (χ1n) is 5.04. The Labute approximate surface area is 74.9 Å². The molecule has 0 heterocycles. The van der Waals surface area contributed by atoms with E-state index >= 15 is 0 Å². The van der Waals surface area contributed by atoms with Gasteiger partial charge in [-0.05, 0) is 31.3 Å². The molecule has 0 saturated heterocycles. The molecule has 0 aliphatic heterocycles. The summed E-state index contributed by atoms with van der Waals surface area (Å²) in [7, 11) is 0. The summed E-state index contributed by atoms with van der Waals surface area (Å²) >= 11 is 0. The SMILES string of the molecule is CCCCC(=O)/C=C/C1CCC1. The van der Waals surface area contributed by atoms with Crippen molar-refractivity contribution in [3.63, 3.8) is 0 Å². The van der Waals surface area contributed by atoms with Crippen LogP contribution in [0.5, 0.6) is 0 Å². The number of hydrogen-bond donors (Lipinski definition) is 0. The van der Waals surface area contributed by atoms with Gasteiger partial charge in [0, 0.05) is 6.42 Å². The summed E-state index contributed by atoms with van der Waals surface area (Å²) in [5, 5.41) is 0. The highest BCUT2D eigenvalue weighted by atomic mass is 16.1. The quantitative estimate of drug-likeness (QED) is 0.573. The smallest absolute Gasteiger partial charge is 0.155 e.